The highest BCUT2D eigenvalue weighted by atomic mass is 15.1. The van der Waals surface area contributed by atoms with E-state index in [1.54, 1.807) is 0 Å². The first-order valence-corrected chi connectivity index (χ1v) is 13.9. The van der Waals surface area contributed by atoms with Crippen LogP contribution in [0.3, 0.4) is 0 Å². The van der Waals surface area contributed by atoms with Gasteiger partial charge in [-0.3, -0.25) is 0 Å². The molecule has 0 aromatic heterocycles. The van der Waals surface area contributed by atoms with Gasteiger partial charge < -0.3 is 4.90 Å². The minimum atomic E-state index is 0.767. The summed E-state index contributed by atoms with van der Waals surface area (Å²) < 4.78 is 0. The molecule has 0 spiro atoms. The van der Waals surface area contributed by atoms with Gasteiger partial charge in [-0.15, -0.1) is 0 Å². The molecular weight excluding hydrogens is 350 g/mol. The van der Waals surface area contributed by atoms with Crippen molar-refractivity contribution in [1.29, 1.82) is 0 Å². The third-order valence-electron chi connectivity index (χ3n) is 7.11. The molecule has 0 rings (SSSR count). The van der Waals surface area contributed by atoms with Gasteiger partial charge in [-0.2, -0.15) is 0 Å². The quantitative estimate of drug-likeness (QED) is 0.152. The zero-order valence-electron chi connectivity index (χ0n) is 21.5. The molecule has 0 amide bonds. The molecule has 176 valence electrons. The molecule has 0 radical (unpaired) electrons. The maximum absolute atomic E-state index is 2.78. The lowest BCUT2D eigenvalue weighted by Crippen LogP contribution is -2.34. The van der Waals surface area contributed by atoms with Crippen molar-refractivity contribution in [2.45, 2.75) is 163 Å². The topological polar surface area (TPSA) is 3.24 Å². The van der Waals surface area contributed by atoms with Gasteiger partial charge in [-0.1, -0.05) is 130 Å². The van der Waals surface area contributed by atoms with Crippen LogP contribution in [0.25, 0.3) is 0 Å². The van der Waals surface area contributed by atoms with Gasteiger partial charge in [-0.25, -0.2) is 0 Å². The van der Waals surface area contributed by atoms with Gasteiger partial charge >= 0.3 is 0 Å². The number of hydrogen-bond donors (Lipinski definition) is 0. The van der Waals surface area contributed by atoms with E-state index in [0.29, 0.717) is 0 Å². The summed E-state index contributed by atoms with van der Waals surface area (Å²) >= 11 is 0. The predicted octanol–water partition coefficient (Wildman–Crippen LogP) is 9.78. The van der Waals surface area contributed by atoms with Crippen molar-refractivity contribution in [3.63, 3.8) is 0 Å². The molecule has 0 heterocycles. The van der Waals surface area contributed by atoms with E-state index in [2.05, 4.69) is 39.5 Å². The Morgan fingerprint density at radius 1 is 0.483 bits per heavy atom. The molecule has 0 N–H and O–H groups in total. The molecule has 0 aliphatic carbocycles. The van der Waals surface area contributed by atoms with Gasteiger partial charge in [0.15, 0.2) is 0 Å². The second-order valence-corrected chi connectivity index (χ2v) is 9.74. The Morgan fingerprint density at radius 2 is 0.897 bits per heavy atom. The summed E-state index contributed by atoms with van der Waals surface area (Å²) in [6, 6.07) is 0.767. The maximum Gasteiger partial charge on any atom is 0.00643 e. The molecule has 0 aliphatic heterocycles. The zero-order chi connectivity index (χ0) is 21.6. The fourth-order valence-corrected chi connectivity index (χ4v) is 4.60. The lowest BCUT2D eigenvalue weighted by atomic mass is 9.92. The van der Waals surface area contributed by atoms with Crippen molar-refractivity contribution in [2.75, 3.05) is 13.1 Å². The van der Waals surface area contributed by atoms with Crippen LogP contribution in [0.5, 0.6) is 0 Å². The summed E-state index contributed by atoms with van der Waals surface area (Å²) in [5.74, 6) is 1.00. The Hall–Kier alpha value is -0.0400. The Bertz CT molecular complexity index is 301. The van der Waals surface area contributed by atoms with Crippen LogP contribution in [-0.4, -0.2) is 24.0 Å². The van der Waals surface area contributed by atoms with Crippen LogP contribution >= 0.6 is 0 Å². The Morgan fingerprint density at radius 3 is 1.34 bits per heavy atom. The van der Waals surface area contributed by atoms with Crippen LogP contribution in [0, 0.1) is 5.92 Å². The molecule has 0 saturated heterocycles. The van der Waals surface area contributed by atoms with Gasteiger partial charge in [0, 0.05) is 6.04 Å². The first-order chi connectivity index (χ1) is 14.2. The molecule has 2 atom stereocenters. The molecular formula is C28H59N. The summed E-state index contributed by atoms with van der Waals surface area (Å²) in [6.45, 7) is 14.5. The van der Waals surface area contributed by atoms with Crippen LogP contribution in [0.1, 0.15) is 157 Å². The molecule has 0 aromatic carbocycles. The fraction of sp³-hybridized carbons (Fsp3) is 1.00. The largest absolute Gasteiger partial charge is 0.301 e. The van der Waals surface area contributed by atoms with Gasteiger partial charge in [0.1, 0.15) is 0 Å². The van der Waals surface area contributed by atoms with Gasteiger partial charge in [0.25, 0.3) is 0 Å². The highest BCUT2D eigenvalue weighted by Crippen LogP contribution is 2.21. The number of nitrogens with zero attached hydrogens (tertiary/aromatic N) is 1. The number of hydrogen-bond acceptors (Lipinski definition) is 1. The summed E-state index contributed by atoms with van der Waals surface area (Å²) in [5, 5.41) is 0. The van der Waals surface area contributed by atoms with Crippen LogP contribution in [-0.2, 0) is 0 Å². The van der Waals surface area contributed by atoms with E-state index < -0.39 is 0 Å². The van der Waals surface area contributed by atoms with Crippen LogP contribution < -0.4 is 0 Å². The normalized spacial score (nSPS) is 13.9. The van der Waals surface area contributed by atoms with Crippen molar-refractivity contribution in [3.8, 4) is 0 Å². The van der Waals surface area contributed by atoms with E-state index >= 15 is 0 Å². The molecule has 0 saturated carbocycles. The predicted molar refractivity (Wildman–Crippen MR) is 135 cm³/mol. The van der Waals surface area contributed by atoms with E-state index in [1.165, 1.54) is 135 Å². The SMILES string of the molecule is CCCCCCCCN(CCCCCCCC(CC)CCCCCC)C(C)CC. The van der Waals surface area contributed by atoms with Crippen LogP contribution in [0.2, 0.25) is 0 Å². The summed E-state index contributed by atoms with van der Waals surface area (Å²) in [7, 11) is 0. The molecule has 1 nitrogen and oxygen atoms in total. The van der Waals surface area contributed by atoms with E-state index in [4.69, 9.17) is 0 Å². The summed E-state index contributed by atoms with van der Waals surface area (Å²) in [4.78, 5) is 2.78. The summed E-state index contributed by atoms with van der Waals surface area (Å²) in [6.07, 6.45) is 27.1. The molecule has 0 aliphatic rings. The van der Waals surface area contributed by atoms with E-state index in [1.807, 2.05) is 0 Å². The fourth-order valence-electron chi connectivity index (χ4n) is 4.60. The lowest BCUT2D eigenvalue weighted by Gasteiger charge is -2.28. The molecule has 0 fully saturated rings. The van der Waals surface area contributed by atoms with E-state index in [0.717, 1.165) is 12.0 Å². The zero-order valence-corrected chi connectivity index (χ0v) is 21.5. The Balaban J connectivity index is 3.74. The standard InChI is InChI=1S/C28H59N/c1-6-10-12-14-17-21-25-29(27(5)8-3)26-22-18-15-16-20-24-28(9-4)23-19-13-11-7-2/h27-28H,6-26H2,1-5H3. The van der Waals surface area contributed by atoms with Crippen molar-refractivity contribution in [3.05, 3.63) is 0 Å². The minimum absolute atomic E-state index is 0.767. The maximum atomic E-state index is 2.78. The summed E-state index contributed by atoms with van der Waals surface area (Å²) in [5.41, 5.74) is 0. The van der Waals surface area contributed by atoms with Gasteiger partial charge in [0.05, 0.1) is 0 Å². The Labute approximate surface area is 186 Å². The molecule has 1 heteroatoms. The van der Waals surface area contributed by atoms with Gasteiger partial charge in [0.2, 0.25) is 0 Å². The third kappa shape index (κ3) is 18.4. The molecule has 0 bridgehead atoms. The molecule has 29 heavy (non-hydrogen) atoms. The average molecular weight is 410 g/mol. The molecule has 2 unspecified atom stereocenters. The highest BCUT2D eigenvalue weighted by molar-refractivity contribution is 4.66. The second-order valence-electron chi connectivity index (χ2n) is 9.74. The van der Waals surface area contributed by atoms with E-state index in [9.17, 15) is 0 Å². The minimum Gasteiger partial charge on any atom is -0.301 e. The lowest BCUT2D eigenvalue weighted by molar-refractivity contribution is 0.195. The molecule has 0 aromatic rings. The van der Waals surface area contributed by atoms with E-state index in [-0.39, 0.29) is 0 Å². The Kier molecular flexibility index (Phi) is 22.6. The first-order valence-electron chi connectivity index (χ1n) is 13.9. The average Bonchev–Trinajstić information content (AvgIpc) is 2.74. The van der Waals surface area contributed by atoms with Crippen molar-refractivity contribution in [1.82, 2.24) is 4.90 Å². The first kappa shape index (κ1) is 29.0. The highest BCUT2D eigenvalue weighted by Gasteiger charge is 2.11. The second kappa shape index (κ2) is 22.6. The van der Waals surface area contributed by atoms with Crippen molar-refractivity contribution < 1.29 is 0 Å². The van der Waals surface area contributed by atoms with Crippen LogP contribution in [0.15, 0.2) is 0 Å². The smallest absolute Gasteiger partial charge is 0.00643 e. The monoisotopic (exact) mass is 409 g/mol. The van der Waals surface area contributed by atoms with Crippen molar-refractivity contribution >= 4 is 0 Å². The van der Waals surface area contributed by atoms with Crippen LogP contribution in [0.4, 0.5) is 0 Å². The number of rotatable bonds is 23. The number of unbranched alkanes of at least 4 members (excludes halogenated alkanes) is 12. The van der Waals surface area contributed by atoms with Crippen molar-refractivity contribution in [2.24, 2.45) is 5.92 Å². The third-order valence-corrected chi connectivity index (χ3v) is 7.11. The van der Waals surface area contributed by atoms with Gasteiger partial charge in [-0.05, 0) is 45.2 Å².